The largest absolute Gasteiger partial charge is 0.495 e. The molecule has 5 heteroatoms. The van der Waals surface area contributed by atoms with E-state index in [4.69, 9.17) is 4.74 Å². The van der Waals surface area contributed by atoms with E-state index in [2.05, 4.69) is 15.9 Å². The zero-order chi connectivity index (χ0) is 12.4. The van der Waals surface area contributed by atoms with Crippen molar-refractivity contribution in [2.75, 3.05) is 23.9 Å². The second-order valence-electron chi connectivity index (χ2n) is 4.04. The number of nitrogens with zero attached hydrogens (tertiary/aromatic N) is 1. The van der Waals surface area contributed by atoms with Crippen molar-refractivity contribution in [3.8, 4) is 5.75 Å². The Labute approximate surface area is 108 Å². The lowest BCUT2D eigenvalue weighted by Gasteiger charge is -2.19. The van der Waals surface area contributed by atoms with Crippen molar-refractivity contribution in [3.05, 3.63) is 24.0 Å². The fourth-order valence-electron chi connectivity index (χ4n) is 1.99. The van der Waals surface area contributed by atoms with Crippen LogP contribution in [0.15, 0.2) is 18.2 Å². The topological polar surface area (TPSA) is 29.5 Å². The summed E-state index contributed by atoms with van der Waals surface area (Å²) in [4.78, 5) is 13.4. The Balaban J connectivity index is 2.33. The zero-order valence-electron chi connectivity index (χ0n) is 9.45. The van der Waals surface area contributed by atoms with Gasteiger partial charge in [0.25, 0.3) is 0 Å². The number of benzene rings is 1. The number of carbonyl (C=O) groups excluding carboxylic acids is 1. The first-order valence-corrected chi connectivity index (χ1v) is 6.47. The third-order valence-corrected chi connectivity index (χ3v) is 3.77. The van der Waals surface area contributed by atoms with E-state index in [0.29, 0.717) is 24.4 Å². The molecule has 1 aliphatic rings. The molecule has 17 heavy (non-hydrogen) atoms. The number of alkyl halides is 1. The smallest absolute Gasteiger partial charge is 0.227 e. The second kappa shape index (κ2) is 5.04. The lowest BCUT2D eigenvalue weighted by atomic mass is 10.2. The maximum Gasteiger partial charge on any atom is 0.227 e. The van der Waals surface area contributed by atoms with Crippen molar-refractivity contribution < 1.29 is 13.9 Å². The van der Waals surface area contributed by atoms with Gasteiger partial charge in [-0.2, -0.15) is 0 Å². The number of ether oxygens (including phenoxy) is 1. The van der Waals surface area contributed by atoms with E-state index >= 15 is 0 Å². The van der Waals surface area contributed by atoms with Gasteiger partial charge in [-0.3, -0.25) is 4.79 Å². The molecule has 0 saturated carbocycles. The van der Waals surface area contributed by atoms with Crippen LogP contribution >= 0.6 is 15.9 Å². The summed E-state index contributed by atoms with van der Waals surface area (Å²) in [5.41, 5.74) is 0.515. The SMILES string of the molecule is COc1ccc(F)cc1N1CC(CBr)CC1=O. The number of rotatable bonds is 3. The predicted octanol–water partition coefficient (Wildman–Crippen LogP) is 2.58. The average Bonchev–Trinajstić information content (AvgIpc) is 2.70. The summed E-state index contributed by atoms with van der Waals surface area (Å²) in [6.07, 6.45) is 0.491. The van der Waals surface area contributed by atoms with Crippen molar-refractivity contribution in [2.45, 2.75) is 6.42 Å². The molecule has 1 fully saturated rings. The molecule has 1 atom stereocenters. The molecular weight excluding hydrogens is 289 g/mol. The van der Waals surface area contributed by atoms with Crippen LogP contribution in [0, 0.1) is 11.7 Å². The van der Waals surface area contributed by atoms with Crippen LogP contribution in [-0.4, -0.2) is 24.9 Å². The van der Waals surface area contributed by atoms with Gasteiger partial charge < -0.3 is 9.64 Å². The molecule has 92 valence electrons. The number of halogens is 2. The number of hydrogen-bond donors (Lipinski definition) is 0. The third-order valence-electron chi connectivity index (χ3n) is 2.86. The summed E-state index contributed by atoms with van der Waals surface area (Å²) in [7, 11) is 1.51. The molecule has 3 nitrogen and oxygen atoms in total. The van der Waals surface area contributed by atoms with E-state index in [1.165, 1.54) is 19.2 Å². The van der Waals surface area contributed by atoms with Gasteiger partial charge in [0.05, 0.1) is 12.8 Å². The summed E-state index contributed by atoms with van der Waals surface area (Å²) in [6.45, 7) is 0.601. The molecule has 1 unspecified atom stereocenters. The van der Waals surface area contributed by atoms with Crippen molar-refractivity contribution in [1.29, 1.82) is 0 Å². The summed E-state index contributed by atoms with van der Waals surface area (Å²) in [6, 6.07) is 4.21. The minimum Gasteiger partial charge on any atom is -0.495 e. The molecule has 1 aliphatic heterocycles. The van der Waals surface area contributed by atoms with Gasteiger partial charge >= 0.3 is 0 Å². The van der Waals surface area contributed by atoms with E-state index in [0.717, 1.165) is 5.33 Å². The number of hydrogen-bond acceptors (Lipinski definition) is 2. The van der Waals surface area contributed by atoms with Crippen LogP contribution in [0.1, 0.15) is 6.42 Å². The Hall–Kier alpha value is -1.10. The Bertz CT molecular complexity index is 439. The van der Waals surface area contributed by atoms with Gasteiger partial charge in [0.15, 0.2) is 0 Å². The quantitative estimate of drug-likeness (QED) is 0.803. The Morgan fingerprint density at radius 3 is 2.94 bits per heavy atom. The number of anilines is 1. The fourth-order valence-corrected chi connectivity index (χ4v) is 2.43. The van der Waals surface area contributed by atoms with Crippen LogP contribution < -0.4 is 9.64 Å². The van der Waals surface area contributed by atoms with Crippen LogP contribution in [0.3, 0.4) is 0 Å². The number of carbonyl (C=O) groups is 1. The minimum atomic E-state index is -0.365. The summed E-state index contributed by atoms with van der Waals surface area (Å²) < 4.78 is 18.4. The molecule has 0 spiro atoms. The Morgan fingerprint density at radius 2 is 2.35 bits per heavy atom. The van der Waals surface area contributed by atoms with Gasteiger partial charge in [-0.05, 0) is 18.1 Å². The molecule has 0 bridgehead atoms. The highest BCUT2D eigenvalue weighted by Gasteiger charge is 2.31. The van der Waals surface area contributed by atoms with Crippen molar-refractivity contribution in [1.82, 2.24) is 0 Å². The standard InChI is InChI=1S/C12H13BrFNO2/c1-17-11-3-2-9(14)5-10(11)15-7-8(6-13)4-12(15)16/h2-3,5,8H,4,6-7H2,1H3. The van der Waals surface area contributed by atoms with Crippen LogP contribution in [0.2, 0.25) is 0 Å². The van der Waals surface area contributed by atoms with Gasteiger partial charge in [-0.15, -0.1) is 0 Å². The van der Waals surface area contributed by atoms with Gasteiger partial charge in [0.2, 0.25) is 5.91 Å². The third kappa shape index (κ3) is 2.44. The monoisotopic (exact) mass is 301 g/mol. The van der Waals surface area contributed by atoms with E-state index < -0.39 is 0 Å². The van der Waals surface area contributed by atoms with E-state index in [9.17, 15) is 9.18 Å². The molecule has 0 aliphatic carbocycles. The molecule has 1 saturated heterocycles. The molecule has 1 aromatic rings. The van der Waals surface area contributed by atoms with E-state index in [1.807, 2.05) is 0 Å². The van der Waals surface area contributed by atoms with E-state index in [1.54, 1.807) is 11.0 Å². The molecule has 0 radical (unpaired) electrons. The van der Waals surface area contributed by atoms with Crippen LogP contribution in [-0.2, 0) is 4.79 Å². The first kappa shape index (κ1) is 12.4. The van der Waals surface area contributed by atoms with Crippen molar-refractivity contribution in [2.24, 2.45) is 5.92 Å². The van der Waals surface area contributed by atoms with Gasteiger partial charge in [-0.1, -0.05) is 15.9 Å². The maximum atomic E-state index is 13.2. The predicted molar refractivity (Wildman–Crippen MR) is 67.2 cm³/mol. The molecule has 2 rings (SSSR count). The first-order valence-electron chi connectivity index (χ1n) is 5.35. The lowest BCUT2D eigenvalue weighted by molar-refractivity contribution is -0.117. The highest BCUT2D eigenvalue weighted by Crippen LogP contribution is 2.33. The van der Waals surface area contributed by atoms with Crippen LogP contribution in [0.25, 0.3) is 0 Å². The average molecular weight is 302 g/mol. The van der Waals surface area contributed by atoms with Crippen molar-refractivity contribution in [3.63, 3.8) is 0 Å². The Morgan fingerprint density at radius 1 is 1.59 bits per heavy atom. The van der Waals surface area contributed by atoms with Crippen LogP contribution in [0.5, 0.6) is 5.75 Å². The second-order valence-corrected chi connectivity index (χ2v) is 4.69. The minimum absolute atomic E-state index is 0.0124. The van der Waals surface area contributed by atoms with Crippen molar-refractivity contribution >= 4 is 27.5 Å². The van der Waals surface area contributed by atoms with Gasteiger partial charge in [0.1, 0.15) is 11.6 Å². The van der Waals surface area contributed by atoms with Gasteiger partial charge in [0, 0.05) is 24.4 Å². The fraction of sp³-hybridized carbons (Fsp3) is 0.417. The van der Waals surface area contributed by atoms with Crippen LogP contribution in [0.4, 0.5) is 10.1 Å². The summed E-state index contributed by atoms with van der Waals surface area (Å²) in [5.74, 6) is 0.444. The lowest BCUT2D eigenvalue weighted by Crippen LogP contribution is -2.25. The highest BCUT2D eigenvalue weighted by atomic mass is 79.9. The highest BCUT2D eigenvalue weighted by molar-refractivity contribution is 9.09. The zero-order valence-corrected chi connectivity index (χ0v) is 11.0. The molecule has 0 aromatic heterocycles. The number of methoxy groups -OCH3 is 1. The summed E-state index contributed by atoms with van der Waals surface area (Å²) in [5, 5.41) is 0.771. The van der Waals surface area contributed by atoms with Gasteiger partial charge in [-0.25, -0.2) is 4.39 Å². The van der Waals surface area contributed by atoms with E-state index in [-0.39, 0.29) is 17.6 Å². The number of amides is 1. The molecule has 1 heterocycles. The maximum absolute atomic E-state index is 13.2. The molecule has 0 N–H and O–H groups in total. The first-order chi connectivity index (χ1) is 8.15. The summed E-state index contributed by atoms with van der Waals surface area (Å²) >= 11 is 3.37. The molecule has 1 aromatic carbocycles. The normalized spacial score (nSPS) is 19.8. The molecular formula is C12H13BrFNO2. The molecule has 1 amide bonds. The Kier molecular flexibility index (Phi) is 3.66.